The molecule has 0 saturated heterocycles. The summed E-state index contributed by atoms with van der Waals surface area (Å²) < 4.78 is 35.9. The predicted octanol–water partition coefficient (Wildman–Crippen LogP) is 1.83. The van der Waals surface area contributed by atoms with E-state index < -0.39 is 18.6 Å². The Morgan fingerprint density at radius 3 is 2.25 bits per heavy atom. The van der Waals surface area contributed by atoms with Gasteiger partial charge in [0.2, 0.25) is 5.91 Å². The molecular formula is C10H19F3N2O. The van der Waals surface area contributed by atoms with Crippen LogP contribution in [0.25, 0.3) is 0 Å². The monoisotopic (exact) mass is 240 g/mol. The molecule has 0 aliphatic rings. The zero-order valence-electron chi connectivity index (χ0n) is 9.82. The molecule has 0 bridgehead atoms. The van der Waals surface area contributed by atoms with Gasteiger partial charge in [-0.1, -0.05) is 13.8 Å². The molecule has 0 aromatic carbocycles. The second kappa shape index (κ2) is 6.73. The average Bonchev–Trinajstić information content (AvgIpc) is 1.98. The Balaban J connectivity index is 3.71. The maximum atomic E-state index is 12.0. The molecule has 0 radical (unpaired) electrons. The van der Waals surface area contributed by atoms with Crippen molar-refractivity contribution in [1.82, 2.24) is 10.6 Å². The number of hydrogen-bond acceptors (Lipinski definition) is 2. The SMILES string of the molecule is CC(C)NCCC(=O)NC(C)CC(F)(F)F. The van der Waals surface area contributed by atoms with Crippen LogP contribution in [0.1, 0.15) is 33.6 Å². The average molecular weight is 240 g/mol. The first-order chi connectivity index (χ1) is 7.20. The Labute approximate surface area is 93.8 Å². The summed E-state index contributed by atoms with van der Waals surface area (Å²) in [5.74, 6) is -0.357. The van der Waals surface area contributed by atoms with Gasteiger partial charge >= 0.3 is 6.18 Å². The zero-order chi connectivity index (χ0) is 12.8. The lowest BCUT2D eigenvalue weighted by atomic mass is 10.2. The van der Waals surface area contributed by atoms with E-state index in [1.165, 1.54) is 6.92 Å². The third-order valence-electron chi connectivity index (χ3n) is 1.85. The Bertz CT molecular complexity index is 217. The molecule has 0 aliphatic carbocycles. The van der Waals surface area contributed by atoms with E-state index in [0.717, 1.165) is 0 Å². The van der Waals surface area contributed by atoms with Gasteiger partial charge in [-0.05, 0) is 6.92 Å². The summed E-state index contributed by atoms with van der Waals surface area (Å²) in [5.41, 5.74) is 0. The number of carbonyl (C=O) groups excluding carboxylic acids is 1. The highest BCUT2D eigenvalue weighted by molar-refractivity contribution is 5.76. The fraction of sp³-hybridized carbons (Fsp3) is 0.900. The van der Waals surface area contributed by atoms with Crippen LogP contribution >= 0.6 is 0 Å². The topological polar surface area (TPSA) is 41.1 Å². The molecule has 1 atom stereocenters. The fourth-order valence-corrected chi connectivity index (χ4v) is 1.22. The minimum absolute atomic E-state index is 0.195. The molecule has 1 unspecified atom stereocenters. The second-order valence-electron chi connectivity index (χ2n) is 4.15. The molecule has 96 valence electrons. The first-order valence-corrected chi connectivity index (χ1v) is 5.30. The van der Waals surface area contributed by atoms with Crippen LogP contribution < -0.4 is 10.6 Å². The Morgan fingerprint density at radius 2 is 1.81 bits per heavy atom. The smallest absolute Gasteiger partial charge is 0.353 e. The van der Waals surface area contributed by atoms with Crippen LogP contribution in [0.3, 0.4) is 0 Å². The lowest BCUT2D eigenvalue weighted by Crippen LogP contribution is -2.37. The van der Waals surface area contributed by atoms with Crippen molar-refractivity contribution in [2.75, 3.05) is 6.54 Å². The molecule has 16 heavy (non-hydrogen) atoms. The van der Waals surface area contributed by atoms with Crippen molar-refractivity contribution in [3.63, 3.8) is 0 Å². The highest BCUT2D eigenvalue weighted by Gasteiger charge is 2.30. The van der Waals surface area contributed by atoms with Crippen LogP contribution in [0.15, 0.2) is 0 Å². The quantitative estimate of drug-likeness (QED) is 0.743. The van der Waals surface area contributed by atoms with Crippen molar-refractivity contribution >= 4 is 5.91 Å². The van der Waals surface area contributed by atoms with E-state index in [-0.39, 0.29) is 18.4 Å². The number of hydrogen-bond donors (Lipinski definition) is 2. The van der Waals surface area contributed by atoms with Gasteiger partial charge in [0.15, 0.2) is 0 Å². The summed E-state index contributed by atoms with van der Waals surface area (Å²) in [5, 5.41) is 5.33. The van der Waals surface area contributed by atoms with Crippen molar-refractivity contribution in [3.05, 3.63) is 0 Å². The molecular weight excluding hydrogens is 221 g/mol. The van der Waals surface area contributed by atoms with E-state index in [1.807, 2.05) is 13.8 Å². The number of carbonyl (C=O) groups is 1. The van der Waals surface area contributed by atoms with Crippen LogP contribution in [-0.4, -0.2) is 30.7 Å². The van der Waals surface area contributed by atoms with Gasteiger partial charge in [-0.3, -0.25) is 4.79 Å². The van der Waals surface area contributed by atoms with Gasteiger partial charge in [-0.2, -0.15) is 13.2 Å². The Kier molecular flexibility index (Phi) is 6.40. The first kappa shape index (κ1) is 15.2. The van der Waals surface area contributed by atoms with Gasteiger partial charge in [0.1, 0.15) is 0 Å². The molecule has 0 fully saturated rings. The van der Waals surface area contributed by atoms with E-state index in [1.54, 1.807) is 0 Å². The van der Waals surface area contributed by atoms with E-state index in [4.69, 9.17) is 0 Å². The van der Waals surface area contributed by atoms with Gasteiger partial charge in [0.05, 0.1) is 6.42 Å². The van der Waals surface area contributed by atoms with Gasteiger partial charge in [-0.25, -0.2) is 0 Å². The van der Waals surface area contributed by atoms with Gasteiger partial charge in [0, 0.05) is 25.0 Å². The molecule has 1 amide bonds. The van der Waals surface area contributed by atoms with Crippen molar-refractivity contribution in [1.29, 1.82) is 0 Å². The Hall–Kier alpha value is -0.780. The fourth-order valence-electron chi connectivity index (χ4n) is 1.22. The number of nitrogens with one attached hydrogen (secondary N) is 2. The maximum Gasteiger partial charge on any atom is 0.391 e. The van der Waals surface area contributed by atoms with Crippen molar-refractivity contribution in [2.45, 2.75) is 51.9 Å². The van der Waals surface area contributed by atoms with Gasteiger partial charge in [-0.15, -0.1) is 0 Å². The van der Waals surface area contributed by atoms with E-state index in [0.29, 0.717) is 6.54 Å². The van der Waals surface area contributed by atoms with E-state index in [2.05, 4.69) is 10.6 Å². The van der Waals surface area contributed by atoms with E-state index in [9.17, 15) is 18.0 Å². The minimum Gasteiger partial charge on any atom is -0.353 e. The summed E-state index contributed by atoms with van der Waals surface area (Å²) >= 11 is 0. The lowest BCUT2D eigenvalue weighted by molar-refractivity contribution is -0.141. The van der Waals surface area contributed by atoms with Crippen LogP contribution in [0, 0.1) is 0 Å². The normalized spacial score (nSPS) is 13.9. The van der Waals surface area contributed by atoms with Crippen molar-refractivity contribution in [3.8, 4) is 0 Å². The molecule has 0 spiro atoms. The largest absolute Gasteiger partial charge is 0.391 e. The molecule has 3 nitrogen and oxygen atoms in total. The molecule has 6 heteroatoms. The summed E-state index contributed by atoms with van der Waals surface area (Å²) in [6.07, 6.45) is -5.03. The van der Waals surface area contributed by atoms with Crippen molar-refractivity contribution in [2.24, 2.45) is 0 Å². The molecule has 0 aromatic heterocycles. The molecule has 0 heterocycles. The molecule has 2 N–H and O–H groups in total. The molecule has 0 aliphatic heterocycles. The number of rotatable bonds is 6. The third-order valence-corrected chi connectivity index (χ3v) is 1.85. The van der Waals surface area contributed by atoms with Gasteiger partial charge < -0.3 is 10.6 Å². The predicted molar refractivity (Wildman–Crippen MR) is 56.0 cm³/mol. The zero-order valence-corrected chi connectivity index (χ0v) is 9.82. The number of alkyl halides is 3. The minimum atomic E-state index is -4.23. The molecule has 0 saturated carbocycles. The highest BCUT2D eigenvalue weighted by atomic mass is 19.4. The summed E-state index contributed by atoms with van der Waals surface area (Å²) in [6, 6.07) is -0.605. The van der Waals surface area contributed by atoms with Crippen LogP contribution in [0.4, 0.5) is 13.2 Å². The molecule has 0 aromatic rings. The summed E-state index contributed by atoms with van der Waals surface area (Å²) in [7, 11) is 0. The number of amides is 1. The standard InChI is InChI=1S/C10H19F3N2O/c1-7(2)14-5-4-9(16)15-8(3)6-10(11,12)13/h7-8,14H,4-6H2,1-3H3,(H,15,16). The third kappa shape index (κ3) is 9.76. The van der Waals surface area contributed by atoms with E-state index >= 15 is 0 Å². The summed E-state index contributed by atoms with van der Waals surface area (Å²) in [4.78, 5) is 11.2. The molecule has 0 rings (SSSR count). The maximum absolute atomic E-state index is 12.0. The second-order valence-corrected chi connectivity index (χ2v) is 4.15. The van der Waals surface area contributed by atoms with Gasteiger partial charge in [0.25, 0.3) is 0 Å². The number of halogens is 3. The first-order valence-electron chi connectivity index (χ1n) is 5.30. The highest BCUT2D eigenvalue weighted by Crippen LogP contribution is 2.21. The van der Waals surface area contributed by atoms with Crippen LogP contribution in [0.5, 0.6) is 0 Å². The van der Waals surface area contributed by atoms with Crippen LogP contribution in [-0.2, 0) is 4.79 Å². The van der Waals surface area contributed by atoms with Crippen molar-refractivity contribution < 1.29 is 18.0 Å². The summed E-state index contributed by atoms with van der Waals surface area (Å²) in [6.45, 7) is 5.69. The van der Waals surface area contributed by atoms with Crippen LogP contribution in [0.2, 0.25) is 0 Å². The lowest BCUT2D eigenvalue weighted by Gasteiger charge is -2.16. The Morgan fingerprint density at radius 1 is 1.25 bits per heavy atom.